The molecule has 0 spiro atoms. The number of hydrogen-bond acceptors (Lipinski definition) is 2. The number of carbonyl (C=O) groups excluding carboxylic acids is 1. The van der Waals surface area contributed by atoms with E-state index < -0.39 is 6.03 Å². The van der Waals surface area contributed by atoms with E-state index in [4.69, 9.17) is 0 Å². The van der Waals surface area contributed by atoms with Crippen molar-refractivity contribution in [3.05, 3.63) is 34.3 Å². The van der Waals surface area contributed by atoms with Gasteiger partial charge in [0.2, 0.25) is 0 Å². The first-order valence-electron chi connectivity index (χ1n) is 4.51. The molecule has 0 aliphatic rings. The van der Waals surface area contributed by atoms with Crippen molar-refractivity contribution in [1.82, 2.24) is 10.4 Å². The minimum Gasteiger partial charge on any atom is -0.339 e. The fourth-order valence-electron chi connectivity index (χ4n) is 1.17. The van der Waals surface area contributed by atoms with Crippen LogP contribution in [0.1, 0.15) is 18.5 Å². The van der Waals surface area contributed by atoms with Crippen LogP contribution in [0, 0.1) is 0 Å². The van der Waals surface area contributed by atoms with Gasteiger partial charge in [0.05, 0.1) is 6.04 Å². The molecule has 0 bridgehead atoms. The van der Waals surface area contributed by atoms with Crippen molar-refractivity contribution in [3.8, 4) is 0 Å². The van der Waals surface area contributed by atoms with E-state index in [1.165, 1.54) is 7.05 Å². The average molecular weight is 273 g/mol. The van der Waals surface area contributed by atoms with Crippen LogP contribution in [0.3, 0.4) is 0 Å². The van der Waals surface area contributed by atoms with Gasteiger partial charge in [-0.15, -0.1) is 0 Å². The highest BCUT2D eigenvalue weighted by atomic mass is 79.9. The number of rotatable bonds is 2. The molecule has 5 heteroatoms. The van der Waals surface area contributed by atoms with Gasteiger partial charge in [-0.25, -0.2) is 4.79 Å². The molecule has 0 aliphatic carbocycles. The standard InChI is InChI=1S/C10H13BrN2O2/c1-7(13(15)10(14)12-2)8-3-5-9(11)6-4-8/h3-7,15H,1-2H3,(H,12,14). The molecule has 0 saturated heterocycles. The van der Waals surface area contributed by atoms with Crippen LogP contribution in [-0.2, 0) is 0 Å². The Morgan fingerprint density at radius 1 is 1.47 bits per heavy atom. The minimum atomic E-state index is -0.523. The Bertz CT molecular complexity index is 340. The van der Waals surface area contributed by atoms with E-state index in [-0.39, 0.29) is 6.04 Å². The molecule has 15 heavy (non-hydrogen) atoms. The van der Waals surface area contributed by atoms with Gasteiger partial charge in [0.15, 0.2) is 0 Å². The first-order chi connectivity index (χ1) is 7.06. The third-order valence-electron chi connectivity index (χ3n) is 2.14. The van der Waals surface area contributed by atoms with Crippen molar-refractivity contribution < 1.29 is 10.0 Å². The van der Waals surface area contributed by atoms with E-state index in [9.17, 15) is 10.0 Å². The van der Waals surface area contributed by atoms with Gasteiger partial charge in [-0.2, -0.15) is 5.06 Å². The fourth-order valence-corrected chi connectivity index (χ4v) is 1.44. The maximum Gasteiger partial charge on any atom is 0.341 e. The summed E-state index contributed by atoms with van der Waals surface area (Å²) in [6.45, 7) is 1.75. The Labute approximate surface area is 97.0 Å². The molecule has 0 fully saturated rings. The summed E-state index contributed by atoms with van der Waals surface area (Å²) in [5.41, 5.74) is 0.865. The Kier molecular flexibility index (Phi) is 4.11. The molecule has 2 amide bonds. The summed E-state index contributed by atoms with van der Waals surface area (Å²) in [6, 6.07) is 6.53. The maximum absolute atomic E-state index is 11.1. The number of nitrogens with zero attached hydrogens (tertiary/aromatic N) is 1. The summed E-state index contributed by atoms with van der Waals surface area (Å²) in [5.74, 6) is 0. The molecular formula is C10H13BrN2O2. The summed E-state index contributed by atoms with van der Waals surface area (Å²) in [7, 11) is 1.47. The highest BCUT2D eigenvalue weighted by Gasteiger charge is 2.17. The van der Waals surface area contributed by atoms with E-state index in [1.807, 2.05) is 24.3 Å². The average Bonchev–Trinajstić information content (AvgIpc) is 2.27. The van der Waals surface area contributed by atoms with E-state index in [0.29, 0.717) is 5.06 Å². The molecule has 1 aromatic carbocycles. The Morgan fingerprint density at radius 2 is 2.00 bits per heavy atom. The largest absolute Gasteiger partial charge is 0.341 e. The maximum atomic E-state index is 11.1. The van der Waals surface area contributed by atoms with Gasteiger partial charge >= 0.3 is 6.03 Å². The number of nitrogens with one attached hydrogen (secondary N) is 1. The van der Waals surface area contributed by atoms with Gasteiger partial charge < -0.3 is 5.32 Å². The summed E-state index contributed by atoms with van der Waals surface area (Å²) >= 11 is 3.32. The predicted octanol–water partition coefficient (Wildman–Crippen LogP) is 2.54. The smallest absolute Gasteiger partial charge is 0.339 e. The first-order valence-corrected chi connectivity index (χ1v) is 5.31. The molecule has 1 atom stereocenters. The van der Waals surface area contributed by atoms with E-state index in [1.54, 1.807) is 6.92 Å². The molecule has 1 rings (SSSR count). The first kappa shape index (κ1) is 12.0. The molecule has 2 N–H and O–H groups in total. The van der Waals surface area contributed by atoms with Crippen LogP contribution in [0.5, 0.6) is 0 Å². The summed E-state index contributed by atoms with van der Waals surface area (Å²) in [4.78, 5) is 11.1. The van der Waals surface area contributed by atoms with E-state index in [2.05, 4.69) is 21.2 Å². The number of halogens is 1. The van der Waals surface area contributed by atoms with E-state index >= 15 is 0 Å². The molecule has 1 unspecified atom stereocenters. The van der Waals surface area contributed by atoms with Crippen molar-refractivity contribution in [1.29, 1.82) is 0 Å². The normalized spacial score (nSPS) is 12.0. The lowest BCUT2D eigenvalue weighted by molar-refractivity contribution is -0.0738. The van der Waals surface area contributed by atoms with Crippen LogP contribution in [0.15, 0.2) is 28.7 Å². The van der Waals surface area contributed by atoms with Gasteiger partial charge in [0.25, 0.3) is 0 Å². The van der Waals surface area contributed by atoms with Crippen LogP contribution in [0.2, 0.25) is 0 Å². The molecule has 0 radical (unpaired) electrons. The lowest BCUT2D eigenvalue weighted by Crippen LogP contribution is -2.37. The Balaban J connectivity index is 2.80. The molecule has 0 heterocycles. The van der Waals surface area contributed by atoms with Gasteiger partial charge in [-0.05, 0) is 24.6 Å². The minimum absolute atomic E-state index is 0.377. The molecule has 0 aliphatic heterocycles. The zero-order valence-electron chi connectivity index (χ0n) is 8.57. The molecule has 1 aromatic rings. The summed E-state index contributed by atoms with van der Waals surface area (Å²) in [6.07, 6.45) is 0. The second-order valence-corrected chi connectivity index (χ2v) is 4.04. The van der Waals surface area contributed by atoms with Gasteiger partial charge in [-0.3, -0.25) is 5.21 Å². The fraction of sp³-hybridized carbons (Fsp3) is 0.300. The van der Waals surface area contributed by atoms with E-state index in [0.717, 1.165) is 10.0 Å². The SMILES string of the molecule is CNC(=O)N(O)C(C)c1ccc(Br)cc1. The zero-order valence-corrected chi connectivity index (χ0v) is 10.2. The van der Waals surface area contributed by atoms with Crippen LogP contribution in [0.4, 0.5) is 4.79 Å². The van der Waals surface area contributed by atoms with Gasteiger partial charge in [0, 0.05) is 11.5 Å². The number of hydrogen-bond donors (Lipinski definition) is 2. The van der Waals surface area contributed by atoms with Crippen LogP contribution < -0.4 is 5.32 Å². The number of urea groups is 1. The third-order valence-corrected chi connectivity index (χ3v) is 2.67. The summed E-state index contributed by atoms with van der Waals surface area (Å²) < 4.78 is 0.961. The Hall–Kier alpha value is -1.07. The second-order valence-electron chi connectivity index (χ2n) is 3.13. The molecule has 0 aromatic heterocycles. The van der Waals surface area contributed by atoms with Crippen molar-refractivity contribution in [2.75, 3.05) is 7.05 Å². The molecule has 82 valence electrons. The van der Waals surface area contributed by atoms with Gasteiger partial charge in [0.1, 0.15) is 0 Å². The van der Waals surface area contributed by atoms with Crippen LogP contribution in [-0.4, -0.2) is 23.3 Å². The molecule has 4 nitrogen and oxygen atoms in total. The van der Waals surface area contributed by atoms with Crippen molar-refractivity contribution in [2.45, 2.75) is 13.0 Å². The van der Waals surface area contributed by atoms with Crippen molar-refractivity contribution in [2.24, 2.45) is 0 Å². The third kappa shape index (κ3) is 2.94. The lowest BCUT2D eigenvalue weighted by atomic mass is 10.1. The lowest BCUT2D eigenvalue weighted by Gasteiger charge is -2.22. The highest BCUT2D eigenvalue weighted by Crippen LogP contribution is 2.20. The molecule has 0 saturated carbocycles. The number of hydroxylamine groups is 2. The summed E-state index contributed by atoms with van der Waals surface area (Å²) in [5, 5.41) is 12.5. The quantitative estimate of drug-likeness (QED) is 0.642. The zero-order chi connectivity index (χ0) is 11.4. The molecular weight excluding hydrogens is 260 g/mol. The van der Waals surface area contributed by atoms with Crippen LogP contribution >= 0.6 is 15.9 Å². The monoisotopic (exact) mass is 272 g/mol. The number of amides is 2. The van der Waals surface area contributed by atoms with Crippen molar-refractivity contribution >= 4 is 22.0 Å². The number of carbonyl (C=O) groups is 1. The van der Waals surface area contributed by atoms with Crippen LogP contribution in [0.25, 0.3) is 0 Å². The Morgan fingerprint density at radius 3 is 2.47 bits per heavy atom. The predicted molar refractivity (Wildman–Crippen MR) is 60.6 cm³/mol. The highest BCUT2D eigenvalue weighted by molar-refractivity contribution is 9.10. The van der Waals surface area contributed by atoms with Gasteiger partial charge in [-0.1, -0.05) is 28.1 Å². The number of benzene rings is 1. The van der Waals surface area contributed by atoms with Crippen molar-refractivity contribution in [3.63, 3.8) is 0 Å². The topological polar surface area (TPSA) is 52.6 Å². The second kappa shape index (κ2) is 5.14.